The maximum absolute atomic E-state index is 13.6. The molecule has 2 aromatic rings. The third kappa shape index (κ3) is 3.27. The van der Waals surface area contributed by atoms with Gasteiger partial charge >= 0.3 is 0 Å². The summed E-state index contributed by atoms with van der Waals surface area (Å²) in [6, 6.07) is 11.8. The summed E-state index contributed by atoms with van der Waals surface area (Å²) >= 11 is 0. The fourth-order valence-corrected chi connectivity index (χ4v) is 1.91. The van der Waals surface area contributed by atoms with E-state index in [1.54, 1.807) is 31.4 Å². The van der Waals surface area contributed by atoms with E-state index in [0.29, 0.717) is 17.1 Å². The molecule has 0 bridgehead atoms. The lowest BCUT2D eigenvalue weighted by atomic mass is 10.1. The molecule has 0 aliphatic rings. The largest absolute Gasteiger partial charge is 0.497 e. The van der Waals surface area contributed by atoms with Crippen LogP contribution in [0.4, 0.5) is 4.39 Å². The Labute approximate surface area is 118 Å². The molecule has 0 heterocycles. The standard InChI is InChI=1S/C16H18FNO2/c1-11(18)14-8-7-13(19-2)9-16(14)20-10-12-5-3-4-6-15(12)17/h3-9,11H,10,18H2,1-2H3. The predicted molar refractivity (Wildman–Crippen MR) is 76.3 cm³/mol. The molecule has 0 saturated carbocycles. The van der Waals surface area contributed by atoms with Crippen LogP contribution in [-0.4, -0.2) is 7.11 Å². The highest BCUT2D eigenvalue weighted by Gasteiger charge is 2.11. The summed E-state index contributed by atoms with van der Waals surface area (Å²) in [6.07, 6.45) is 0. The van der Waals surface area contributed by atoms with Gasteiger partial charge in [0.2, 0.25) is 0 Å². The summed E-state index contributed by atoms with van der Waals surface area (Å²) < 4.78 is 24.4. The van der Waals surface area contributed by atoms with E-state index >= 15 is 0 Å². The van der Waals surface area contributed by atoms with Crippen LogP contribution in [0.15, 0.2) is 42.5 Å². The first kappa shape index (κ1) is 14.3. The third-order valence-electron chi connectivity index (χ3n) is 3.05. The molecule has 3 nitrogen and oxygen atoms in total. The topological polar surface area (TPSA) is 44.5 Å². The molecular weight excluding hydrogens is 257 g/mol. The highest BCUT2D eigenvalue weighted by molar-refractivity contribution is 5.42. The Morgan fingerprint density at radius 3 is 2.60 bits per heavy atom. The van der Waals surface area contributed by atoms with Crippen LogP contribution >= 0.6 is 0 Å². The number of benzene rings is 2. The first-order valence-electron chi connectivity index (χ1n) is 6.41. The predicted octanol–water partition coefficient (Wildman–Crippen LogP) is 3.43. The molecule has 0 saturated heterocycles. The molecule has 0 radical (unpaired) electrons. The minimum absolute atomic E-state index is 0.152. The van der Waals surface area contributed by atoms with Crippen LogP contribution in [0.25, 0.3) is 0 Å². The second-order valence-corrected chi connectivity index (χ2v) is 4.57. The maximum atomic E-state index is 13.6. The Kier molecular flexibility index (Phi) is 4.58. The van der Waals surface area contributed by atoms with E-state index in [1.165, 1.54) is 6.07 Å². The van der Waals surface area contributed by atoms with Gasteiger partial charge in [-0.1, -0.05) is 24.3 Å². The Morgan fingerprint density at radius 1 is 1.20 bits per heavy atom. The molecule has 0 aromatic heterocycles. The molecule has 0 aliphatic carbocycles. The molecule has 1 atom stereocenters. The summed E-state index contributed by atoms with van der Waals surface area (Å²) in [4.78, 5) is 0. The molecule has 4 heteroatoms. The van der Waals surface area contributed by atoms with Gasteiger partial charge in [-0.2, -0.15) is 0 Å². The molecule has 2 rings (SSSR count). The van der Waals surface area contributed by atoms with Crippen LogP contribution in [0.5, 0.6) is 11.5 Å². The highest BCUT2D eigenvalue weighted by Crippen LogP contribution is 2.29. The van der Waals surface area contributed by atoms with Gasteiger partial charge in [0.05, 0.1) is 7.11 Å². The lowest BCUT2D eigenvalue weighted by molar-refractivity contribution is 0.293. The summed E-state index contributed by atoms with van der Waals surface area (Å²) in [5, 5.41) is 0. The van der Waals surface area contributed by atoms with Gasteiger partial charge in [0, 0.05) is 23.2 Å². The van der Waals surface area contributed by atoms with E-state index in [2.05, 4.69) is 0 Å². The maximum Gasteiger partial charge on any atom is 0.129 e. The average molecular weight is 275 g/mol. The molecule has 0 spiro atoms. The number of hydrogen-bond donors (Lipinski definition) is 1. The molecule has 20 heavy (non-hydrogen) atoms. The van der Waals surface area contributed by atoms with Gasteiger partial charge in [-0.05, 0) is 19.1 Å². The lowest BCUT2D eigenvalue weighted by Crippen LogP contribution is -2.08. The molecule has 0 amide bonds. The van der Waals surface area contributed by atoms with Crippen molar-refractivity contribution in [2.45, 2.75) is 19.6 Å². The minimum atomic E-state index is -0.280. The van der Waals surface area contributed by atoms with E-state index in [4.69, 9.17) is 15.2 Å². The van der Waals surface area contributed by atoms with E-state index < -0.39 is 0 Å². The molecule has 2 aromatic carbocycles. The highest BCUT2D eigenvalue weighted by atomic mass is 19.1. The first-order valence-corrected chi connectivity index (χ1v) is 6.41. The second kappa shape index (κ2) is 6.39. The quantitative estimate of drug-likeness (QED) is 0.909. The van der Waals surface area contributed by atoms with Crippen LogP contribution in [-0.2, 0) is 6.61 Å². The molecule has 2 N–H and O–H groups in total. The van der Waals surface area contributed by atoms with Crippen LogP contribution in [0.1, 0.15) is 24.1 Å². The SMILES string of the molecule is COc1ccc(C(C)N)c(OCc2ccccc2F)c1. The van der Waals surface area contributed by atoms with Crippen molar-refractivity contribution in [1.82, 2.24) is 0 Å². The smallest absolute Gasteiger partial charge is 0.129 e. The van der Waals surface area contributed by atoms with E-state index in [1.807, 2.05) is 19.1 Å². The summed E-state index contributed by atoms with van der Waals surface area (Å²) in [6.45, 7) is 2.03. The monoisotopic (exact) mass is 275 g/mol. The van der Waals surface area contributed by atoms with Gasteiger partial charge in [-0.3, -0.25) is 0 Å². The number of ether oxygens (including phenoxy) is 2. The fourth-order valence-electron chi connectivity index (χ4n) is 1.91. The number of halogens is 1. The second-order valence-electron chi connectivity index (χ2n) is 4.57. The van der Waals surface area contributed by atoms with Crippen LogP contribution < -0.4 is 15.2 Å². The van der Waals surface area contributed by atoms with Gasteiger partial charge in [-0.15, -0.1) is 0 Å². The Balaban J connectivity index is 2.21. The minimum Gasteiger partial charge on any atom is -0.497 e. The van der Waals surface area contributed by atoms with Gasteiger partial charge in [0.1, 0.15) is 23.9 Å². The van der Waals surface area contributed by atoms with Crippen molar-refractivity contribution >= 4 is 0 Å². The number of rotatable bonds is 5. The Hall–Kier alpha value is -2.07. The normalized spacial score (nSPS) is 12.0. The van der Waals surface area contributed by atoms with Gasteiger partial charge in [0.25, 0.3) is 0 Å². The van der Waals surface area contributed by atoms with Crippen molar-refractivity contribution in [2.24, 2.45) is 5.73 Å². The van der Waals surface area contributed by atoms with Crippen molar-refractivity contribution in [3.63, 3.8) is 0 Å². The fraction of sp³-hybridized carbons (Fsp3) is 0.250. The molecule has 0 fully saturated rings. The molecule has 106 valence electrons. The summed E-state index contributed by atoms with van der Waals surface area (Å²) in [5.74, 6) is 1.01. The Morgan fingerprint density at radius 2 is 1.95 bits per heavy atom. The zero-order valence-corrected chi connectivity index (χ0v) is 11.6. The van der Waals surface area contributed by atoms with Gasteiger partial charge in [0.15, 0.2) is 0 Å². The average Bonchev–Trinajstić information content (AvgIpc) is 2.46. The van der Waals surface area contributed by atoms with Crippen molar-refractivity contribution < 1.29 is 13.9 Å². The van der Waals surface area contributed by atoms with E-state index in [9.17, 15) is 4.39 Å². The number of methoxy groups -OCH3 is 1. The van der Waals surface area contributed by atoms with E-state index in [-0.39, 0.29) is 18.5 Å². The first-order chi connectivity index (χ1) is 9.61. The molecular formula is C16H18FNO2. The van der Waals surface area contributed by atoms with Crippen LogP contribution in [0.3, 0.4) is 0 Å². The van der Waals surface area contributed by atoms with Crippen LogP contribution in [0.2, 0.25) is 0 Å². The number of hydrogen-bond acceptors (Lipinski definition) is 3. The third-order valence-corrected chi connectivity index (χ3v) is 3.05. The zero-order chi connectivity index (χ0) is 14.5. The van der Waals surface area contributed by atoms with Crippen molar-refractivity contribution in [3.8, 4) is 11.5 Å². The Bertz CT molecular complexity index is 584. The van der Waals surface area contributed by atoms with Crippen molar-refractivity contribution in [2.75, 3.05) is 7.11 Å². The summed E-state index contributed by atoms with van der Waals surface area (Å²) in [5.41, 5.74) is 7.28. The lowest BCUT2D eigenvalue weighted by Gasteiger charge is -2.15. The van der Waals surface area contributed by atoms with Gasteiger partial charge < -0.3 is 15.2 Å². The zero-order valence-electron chi connectivity index (χ0n) is 11.6. The number of nitrogens with two attached hydrogens (primary N) is 1. The summed E-state index contributed by atoms with van der Waals surface area (Å²) in [7, 11) is 1.58. The molecule has 1 unspecified atom stereocenters. The van der Waals surface area contributed by atoms with Crippen molar-refractivity contribution in [3.05, 3.63) is 59.4 Å². The van der Waals surface area contributed by atoms with Crippen LogP contribution in [0, 0.1) is 5.82 Å². The molecule has 0 aliphatic heterocycles. The van der Waals surface area contributed by atoms with Crippen molar-refractivity contribution in [1.29, 1.82) is 0 Å². The van der Waals surface area contributed by atoms with Gasteiger partial charge in [-0.25, -0.2) is 4.39 Å². The van der Waals surface area contributed by atoms with E-state index in [0.717, 1.165) is 5.56 Å².